The average Bonchev–Trinajstić information content (AvgIpc) is 2.62. The predicted octanol–water partition coefficient (Wildman–Crippen LogP) is 1.06. The van der Waals surface area contributed by atoms with E-state index in [9.17, 15) is 0 Å². The number of guanidine groups is 1. The first-order valence-electron chi connectivity index (χ1n) is 8.03. The van der Waals surface area contributed by atoms with Crippen LogP contribution < -0.4 is 10.2 Å². The van der Waals surface area contributed by atoms with Crippen LogP contribution >= 0.6 is 24.0 Å². The number of hydrogen-bond donors (Lipinski definition) is 1. The van der Waals surface area contributed by atoms with Crippen molar-refractivity contribution in [3.63, 3.8) is 0 Å². The van der Waals surface area contributed by atoms with Crippen LogP contribution in [0.3, 0.4) is 0 Å². The number of piperazine rings is 1. The molecule has 7 nitrogen and oxygen atoms in total. The zero-order chi connectivity index (χ0) is 16.3. The van der Waals surface area contributed by atoms with Crippen LogP contribution in [0.2, 0.25) is 0 Å². The second-order valence-corrected chi connectivity index (χ2v) is 5.24. The molecule has 1 aliphatic rings. The first kappa shape index (κ1) is 20.9. The molecule has 1 aliphatic heterocycles. The van der Waals surface area contributed by atoms with Crippen molar-refractivity contribution in [1.82, 2.24) is 15.2 Å². The lowest BCUT2D eigenvalue weighted by Gasteiger charge is -2.37. The Bertz CT molecular complexity index is 467. The van der Waals surface area contributed by atoms with Crippen LogP contribution in [-0.4, -0.2) is 82.5 Å². The number of ether oxygens (including phenoxy) is 2. The van der Waals surface area contributed by atoms with E-state index in [0.717, 1.165) is 44.5 Å². The molecule has 8 heteroatoms. The number of halogens is 1. The van der Waals surface area contributed by atoms with Gasteiger partial charge < -0.3 is 24.6 Å². The molecule has 0 aliphatic carbocycles. The molecule has 0 radical (unpaired) electrons. The summed E-state index contributed by atoms with van der Waals surface area (Å²) in [6.45, 7) is 6.41. The standard InChI is InChI=1S/C16H27N5O2.HI/c1-17-16(19-7-12-23-14-13-22-2)21-10-8-20(9-11-21)15-5-3-4-6-18-15;/h3-6H,7-14H2,1-2H3,(H,17,19);1H. The Morgan fingerprint density at radius 3 is 2.62 bits per heavy atom. The van der Waals surface area contributed by atoms with E-state index in [2.05, 4.69) is 31.2 Å². The normalized spacial score (nSPS) is 15.2. The molecule has 1 aromatic heterocycles. The highest BCUT2D eigenvalue weighted by Crippen LogP contribution is 2.12. The molecule has 0 atom stereocenters. The molecule has 1 saturated heterocycles. The third kappa shape index (κ3) is 6.78. The molecular weight excluding hydrogens is 421 g/mol. The molecular formula is C16H28IN5O2. The smallest absolute Gasteiger partial charge is 0.193 e. The average molecular weight is 449 g/mol. The van der Waals surface area contributed by atoms with E-state index < -0.39 is 0 Å². The van der Waals surface area contributed by atoms with Crippen LogP contribution in [0.25, 0.3) is 0 Å². The first-order valence-corrected chi connectivity index (χ1v) is 8.03. The summed E-state index contributed by atoms with van der Waals surface area (Å²) in [6, 6.07) is 6.03. The Balaban J connectivity index is 0.00000288. The van der Waals surface area contributed by atoms with Gasteiger partial charge in [-0.25, -0.2) is 4.98 Å². The molecule has 0 saturated carbocycles. The Morgan fingerprint density at radius 1 is 1.21 bits per heavy atom. The molecule has 0 aromatic carbocycles. The second-order valence-electron chi connectivity index (χ2n) is 5.24. The summed E-state index contributed by atoms with van der Waals surface area (Å²) in [6.07, 6.45) is 1.84. The van der Waals surface area contributed by atoms with E-state index >= 15 is 0 Å². The van der Waals surface area contributed by atoms with Crippen LogP contribution in [0.5, 0.6) is 0 Å². The molecule has 136 valence electrons. The minimum Gasteiger partial charge on any atom is -0.382 e. The summed E-state index contributed by atoms with van der Waals surface area (Å²) in [7, 11) is 3.49. The lowest BCUT2D eigenvalue weighted by atomic mass is 10.3. The minimum atomic E-state index is 0. The monoisotopic (exact) mass is 449 g/mol. The number of anilines is 1. The lowest BCUT2D eigenvalue weighted by Crippen LogP contribution is -2.53. The highest BCUT2D eigenvalue weighted by atomic mass is 127. The quantitative estimate of drug-likeness (QED) is 0.291. The number of nitrogens with zero attached hydrogens (tertiary/aromatic N) is 4. The number of nitrogens with one attached hydrogen (secondary N) is 1. The molecule has 1 N–H and O–H groups in total. The molecule has 0 spiro atoms. The van der Waals surface area contributed by atoms with Gasteiger partial charge in [-0.2, -0.15) is 0 Å². The number of methoxy groups -OCH3 is 1. The van der Waals surface area contributed by atoms with Crippen LogP contribution in [0, 0.1) is 0 Å². The van der Waals surface area contributed by atoms with Gasteiger partial charge in [0.05, 0.1) is 19.8 Å². The van der Waals surface area contributed by atoms with Crippen LogP contribution in [0.4, 0.5) is 5.82 Å². The predicted molar refractivity (Wildman–Crippen MR) is 107 cm³/mol. The Hall–Kier alpha value is -1.13. The molecule has 0 amide bonds. The van der Waals surface area contributed by atoms with Gasteiger partial charge in [0.2, 0.25) is 0 Å². The van der Waals surface area contributed by atoms with Crippen molar-refractivity contribution in [1.29, 1.82) is 0 Å². The molecule has 2 rings (SSSR count). The third-order valence-electron chi connectivity index (χ3n) is 3.73. The number of pyridine rings is 1. The zero-order valence-corrected chi connectivity index (χ0v) is 16.8. The van der Waals surface area contributed by atoms with Crippen molar-refractivity contribution in [2.45, 2.75) is 0 Å². The number of aromatic nitrogens is 1. The van der Waals surface area contributed by atoms with Gasteiger partial charge in [-0.15, -0.1) is 24.0 Å². The maximum atomic E-state index is 5.45. The van der Waals surface area contributed by atoms with Crippen LogP contribution in [0.15, 0.2) is 29.4 Å². The van der Waals surface area contributed by atoms with E-state index in [4.69, 9.17) is 9.47 Å². The molecule has 0 unspecified atom stereocenters. The summed E-state index contributed by atoms with van der Waals surface area (Å²) in [5.41, 5.74) is 0. The fourth-order valence-electron chi connectivity index (χ4n) is 2.50. The van der Waals surface area contributed by atoms with Crippen molar-refractivity contribution in [2.24, 2.45) is 4.99 Å². The van der Waals surface area contributed by atoms with E-state index in [0.29, 0.717) is 19.8 Å². The van der Waals surface area contributed by atoms with Crippen molar-refractivity contribution in [3.05, 3.63) is 24.4 Å². The summed E-state index contributed by atoms with van der Waals surface area (Å²) < 4.78 is 10.4. The largest absolute Gasteiger partial charge is 0.382 e. The van der Waals surface area contributed by atoms with E-state index in [-0.39, 0.29) is 24.0 Å². The summed E-state index contributed by atoms with van der Waals surface area (Å²) >= 11 is 0. The van der Waals surface area contributed by atoms with Crippen LogP contribution in [0.1, 0.15) is 0 Å². The highest BCUT2D eigenvalue weighted by molar-refractivity contribution is 14.0. The van der Waals surface area contributed by atoms with Crippen molar-refractivity contribution >= 4 is 35.8 Å². The summed E-state index contributed by atoms with van der Waals surface area (Å²) in [4.78, 5) is 13.3. The van der Waals surface area contributed by atoms with Crippen molar-refractivity contribution < 1.29 is 9.47 Å². The Labute approximate surface area is 161 Å². The van der Waals surface area contributed by atoms with Gasteiger partial charge in [-0.3, -0.25) is 4.99 Å². The maximum Gasteiger partial charge on any atom is 0.193 e. The highest BCUT2D eigenvalue weighted by Gasteiger charge is 2.20. The molecule has 1 fully saturated rings. The number of hydrogen-bond acceptors (Lipinski definition) is 5. The zero-order valence-electron chi connectivity index (χ0n) is 14.5. The summed E-state index contributed by atoms with van der Waals surface area (Å²) in [5, 5.41) is 3.35. The van der Waals surface area contributed by atoms with Gasteiger partial charge in [0.25, 0.3) is 0 Å². The third-order valence-corrected chi connectivity index (χ3v) is 3.73. The van der Waals surface area contributed by atoms with Gasteiger partial charge in [0.1, 0.15) is 5.82 Å². The van der Waals surface area contributed by atoms with Crippen molar-refractivity contribution in [3.8, 4) is 0 Å². The maximum absolute atomic E-state index is 5.45. The molecule has 1 aromatic rings. The molecule has 24 heavy (non-hydrogen) atoms. The molecule has 2 heterocycles. The topological polar surface area (TPSA) is 62.2 Å². The SMILES string of the molecule is CN=C(NCCOCCOC)N1CCN(c2ccccn2)CC1.I. The lowest BCUT2D eigenvalue weighted by molar-refractivity contribution is 0.0731. The summed E-state index contributed by atoms with van der Waals surface area (Å²) in [5.74, 6) is 1.97. The van der Waals surface area contributed by atoms with E-state index in [1.807, 2.05) is 25.4 Å². The van der Waals surface area contributed by atoms with Gasteiger partial charge in [0.15, 0.2) is 5.96 Å². The van der Waals surface area contributed by atoms with E-state index in [1.54, 1.807) is 7.11 Å². The Kier molecular flexibility index (Phi) is 10.7. The van der Waals surface area contributed by atoms with Gasteiger partial charge >= 0.3 is 0 Å². The fraction of sp³-hybridized carbons (Fsp3) is 0.625. The van der Waals surface area contributed by atoms with Crippen LogP contribution in [-0.2, 0) is 9.47 Å². The number of aliphatic imine (C=N–C) groups is 1. The second kappa shape index (κ2) is 12.3. The minimum absolute atomic E-state index is 0. The fourth-order valence-corrected chi connectivity index (χ4v) is 2.50. The molecule has 0 bridgehead atoms. The van der Waals surface area contributed by atoms with Gasteiger partial charge in [0, 0.05) is 53.1 Å². The van der Waals surface area contributed by atoms with E-state index in [1.165, 1.54) is 0 Å². The van der Waals surface area contributed by atoms with Gasteiger partial charge in [-0.05, 0) is 12.1 Å². The first-order chi connectivity index (χ1) is 11.3. The van der Waals surface area contributed by atoms with Gasteiger partial charge in [-0.1, -0.05) is 6.07 Å². The number of rotatable bonds is 7. The Morgan fingerprint density at radius 2 is 2.00 bits per heavy atom. The van der Waals surface area contributed by atoms with Crippen molar-refractivity contribution in [2.75, 3.05) is 71.6 Å².